The van der Waals surface area contributed by atoms with E-state index in [9.17, 15) is 5.11 Å². The molecule has 6 aromatic carbocycles. The van der Waals surface area contributed by atoms with Gasteiger partial charge in [0, 0.05) is 224 Å². The second kappa shape index (κ2) is 48.0. The van der Waals surface area contributed by atoms with Crippen LogP contribution in [-0.2, 0) is 32.1 Å². The van der Waals surface area contributed by atoms with Crippen LogP contribution in [-0.4, -0.2) is 281 Å². The molecule has 41 heteroatoms. The summed E-state index contributed by atoms with van der Waals surface area (Å²) in [6.07, 6.45) is 34.4. The molecule has 6 fully saturated rings. The molecule has 6 aliphatic heterocycles. The van der Waals surface area contributed by atoms with E-state index in [1.807, 2.05) is 150 Å². The minimum Gasteiger partial charge on any atom is -0.497 e. The van der Waals surface area contributed by atoms with Crippen LogP contribution in [0.3, 0.4) is 0 Å². The number of methoxy groups -OCH3 is 2. The number of nitrogens with zero attached hydrogens (tertiary/aromatic N) is 32. The molecule has 22 rings (SSSR count). The number of ether oxygens (including phenoxy) is 2. The molecule has 0 radical (unpaired) electrons. The first-order valence-corrected chi connectivity index (χ1v) is 48.5. The topological polar surface area (TPSA) is 438 Å². The molecular formula is C103H115N37O4. The monoisotopic (exact) mass is 1930 g/mol. The van der Waals surface area contributed by atoms with Gasteiger partial charge in [0.25, 0.3) is 0 Å². The van der Waals surface area contributed by atoms with Crippen LogP contribution in [0.15, 0.2) is 263 Å². The highest BCUT2D eigenvalue weighted by Gasteiger charge is 2.29. The zero-order chi connectivity index (χ0) is 97.8. The second-order valence-corrected chi connectivity index (χ2v) is 35.4. The van der Waals surface area contributed by atoms with E-state index in [0.717, 1.165) is 250 Å². The molecule has 6 aliphatic rings. The third kappa shape index (κ3) is 26.3. The highest BCUT2D eigenvalue weighted by molar-refractivity contribution is 5.57. The summed E-state index contributed by atoms with van der Waals surface area (Å²) < 4.78 is 14.8. The van der Waals surface area contributed by atoms with Crippen molar-refractivity contribution in [1.29, 1.82) is 0 Å². The second-order valence-electron chi connectivity index (χ2n) is 35.4. The average molecular weight is 1940 g/mol. The van der Waals surface area contributed by atoms with Gasteiger partial charge in [0.15, 0.2) is 0 Å². The lowest BCUT2D eigenvalue weighted by molar-refractivity contribution is 0.0956. The number of hydrogen-bond acceptors (Lipinski definition) is 39. The standard InChI is InChI=1S/C27H29N7O2.C26H28N8O2.2C25H29N11/c1-35-23-13-21(14-24(16-23)36-2)15-25-30-19-31-27(32-25)34-10-8-33(9-11-34)26-28-17-22(18-29-26)12-20-6-4-3-5-7-20;35-17-23(36)21-6-8-22(9-7-21)31-24-29-18-30-26(32-24)34-12-10-33(11-13-34)25-27-15-20(16-28-25)14-19-4-2-1-3-5-19;2*1-2-4-19(5-3-1)12-20-13-27-24(28-14-20)34-8-10-35(11-9-34)25-30-18-29-23(33-25)32-21-15-31-36(17-21)22-6-7-26-16-22/h3-7,13-14,16-19H,8-12,15H2,1-2H3;1-9,15-16,18,23,35-36H,10-14,17H2,(H,29,30,31,32);2*1-5,13-15,17-18,22,26H,6-12,16H2,(H,29,30,32,33)/t;;2*22-/m..10/s1. The van der Waals surface area contributed by atoms with Crippen molar-refractivity contribution in [3.05, 3.63) is 325 Å². The maximum Gasteiger partial charge on any atom is 0.232 e. The molecule has 41 nitrogen and oxygen atoms in total. The van der Waals surface area contributed by atoms with Crippen molar-refractivity contribution in [2.45, 2.75) is 63.1 Å². The summed E-state index contributed by atoms with van der Waals surface area (Å²) in [7, 11) is 3.28. The highest BCUT2D eigenvalue weighted by atomic mass is 16.5. The molecular weight excluding hydrogens is 1820 g/mol. The first kappa shape index (κ1) is 96.2. The predicted molar refractivity (Wildman–Crippen MR) is 550 cm³/mol. The molecule has 0 amide bonds. The van der Waals surface area contributed by atoms with Crippen molar-refractivity contribution in [2.24, 2.45) is 0 Å². The molecule has 736 valence electrons. The first-order valence-electron chi connectivity index (χ1n) is 48.5. The van der Waals surface area contributed by atoms with Gasteiger partial charge in [0.2, 0.25) is 65.4 Å². The largest absolute Gasteiger partial charge is 0.497 e. The fourth-order valence-corrected chi connectivity index (χ4v) is 17.6. The first-order chi connectivity index (χ1) is 71.0. The molecule has 144 heavy (non-hydrogen) atoms. The Morgan fingerprint density at radius 1 is 0.312 bits per heavy atom. The molecule has 0 spiro atoms. The third-order valence-corrected chi connectivity index (χ3v) is 25.5. The van der Waals surface area contributed by atoms with Gasteiger partial charge in [-0.1, -0.05) is 133 Å². The summed E-state index contributed by atoms with van der Waals surface area (Å²) in [4.78, 5) is 108. The van der Waals surface area contributed by atoms with Crippen molar-refractivity contribution in [1.82, 2.24) is 130 Å². The molecule has 0 bridgehead atoms. The molecule has 6 saturated heterocycles. The van der Waals surface area contributed by atoms with Crippen molar-refractivity contribution < 1.29 is 19.7 Å². The van der Waals surface area contributed by atoms with Crippen LogP contribution in [0.1, 0.15) is 92.5 Å². The van der Waals surface area contributed by atoms with Crippen LogP contribution < -0.4 is 75.3 Å². The number of anilines is 14. The van der Waals surface area contributed by atoms with Crippen molar-refractivity contribution in [3.63, 3.8) is 0 Å². The van der Waals surface area contributed by atoms with Gasteiger partial charge in [-0.2, -0.15) is 30.1 Å². The number of nitrogens with one attached hydrogen (secondary N) is 5. The van der Waals surface area contributed by atoms with Gasteiger partial charge in [-0.15, -0.1) is 0 Å². The predicted octanol–water partition coefficient (Wildman–Crippen LogP) is 9.64. The maximum atomic E-state index is 9.73. The van der Waals surface area contributed by atoms with Crippen LogP contribution >= 0.6 is 0 Å². The number of benzene rings is 6. The quantitative estimate of drug-likeness (QED) is 0.0220. The summed E-state index contributed by atoms with van der Waals surface area (Å²) in [5, 5.41) is 44.2. The zero-order valence-corrected chi connectivity index (χ0v) is 80.4. The van der Waals surface area contributed by atoms with E-state index in [4.69, 9.17) is 19.6 Å². The van der Waals surface area contributed by atoms with E-state index in [2.05, 4.69) is 256 Å². The zero-order valence-electron chi connectivity index (χ0n) is 80.4. The number of piperazine rings is 4. The molecule has 10 aromatic heterocycles. The van der Waals surface area contributed by atoms with E-state index in [1.54, 1.807) is 45.3 Å². The highest BCUT2D eigenvalue weighted by Crippen LogP contribution is 2.30. The Morgan fingerprint density at radius 3 is 0.910 bits per heavy atom. The molecule has 0 aliphatic carbocycles. The summed E-state index contributed by atoms with van der Waals surface area (Å²) >= 11 is 0. The molecule has 3 atom stereocenters. The third-order valence-electron chi connectivity index (χ3n) is 25.5. The van der Waals surface area contributed by atoms with E-state index in [0.29, 0.717) is 71.5 Å². The van der Waals surface area contributed by atoms with Gasteiger partial charge < -0.3 is 85.5 Å². The smallest absolute Gasteiger partial charge is 0.232 e. The normalized spacial score (nSPS) is 16.0. The summed E-state index contributed by atoms with van der Waals surface area (Å²) in [6.45, 7) is 16.2. The van der Waals surface area contributed by atoms with Gasteiger partial charge in [-0.05, 0) is 106 Å². The van der Waals surface area contributed by atoms with Gasteiger partial charge in [-0.25, -0.2) is 79.7 Å². The molecule has 16 heterocycles. The van der Waals surface area contributed by atoms with Gasteiger partial charge in [0.1, 0.15) is 48.7 Å². The maximum absolute atomic E-state index is 9.73. The van der Waals surface area contributed by atoms with Gasteiger partial charge in [-0.3, -0.25) is 9.36 Å². The van der Waals surface area contributed by atoms with E-state index in [1.165, 1.54) is 28.6 Å². The van der Waals surface area contributed by atoms with Crippen LogP contribution in [0.4, 0.5) is 82.5 Å². The van der Waals surface area contributed by atoms with Gasteiger partial charge >= 0.3 is 0 Å². The number of aliphatic hydroxyl groups excluding tert-OH is 2. The number of aliphatic hydroxyl groups is 2. The van der Waals surface area contributed by atoms with Crippen molar-refractivity contribution >= 4 is 82.5 Å². The average Bonchev–Trinajstić information content (AvgIpc) is 1.44. The number of hydrogen-bond donors (Lipinski definition) is 7. The van der Waals surface area contributed by atoms with Crippen molar-refractivity contribution in [2.75, 3.05) is 207 Å². The van der Waals surface area contributed by atoms with Crippen LogP contribution in [0, 0.1) is 0 Å². The summed E-state index contributed by atoms with van der Waals surface area (Å²) in [5.74, 6) is 9.31. The Kier molecular flexibility index (Phi) is 32.1. The van der Waals surface area contributed by atoms with E-state index < -0.39 is 6.10 Å². The fraction of sp³-hybridized carbons (Fsp3) is 0.320. The minimum atomic E-state index is -0.890. The number of aromatic nitrogens is 24. The van der Waals surface area contributed by atoms with Crippen LogP contribution in [0.25, 0.3) is 0 Å². The Labute approximate surface area is 834 Å². The summed E-state index contributed by atoms with van der Waals surface area (Å²) in [6, 6.07) is 55.1. The molecule has 1 unspecified atom stereocenters. The van der Waals surface area contributed by atoms with Crippen LogP contribution in [0.2, 0.25) is 0 Å². The van der Waals surface area contributed by atoms with E-state index in [-0.39, 0.29) is 6.61 Å². The Hall–Kier alpha value is -16.7. The van der Waals surface area contributed by atoms with Crippen molar-refractivity contribution in [3.8, 4) is 11.5 Å². The summed E-state index contributed by atoms with van der Waals surface area (Å²) in [5.41, 5.74) is 13.6. The lowest BCUT2D eigenvalue weighted by atomic mass is 10.1. The Morgan fingerprint density at radius 2 is 0.611 bits per heavy atom. The van der Waals surface area contributed by atoms with Gasteiger partial charge in [0.05, 0.1) is 56.7 Å². The van der Waals surface area contributed by atoms with Crippen LogP contribution in [0.5, 0.6) is 11.5 Å². The lowest BCUT2D eigenvalue weighted by Gasteiger charge is -2.34. The Balaban J connectivity index is 0.000000121. The molecule has 0 saturated carbocycles. The molecule has 7 N–H and O–H groups in total. The minimum absolute atomic E-state index is 0.317. The lowest BCUT2D eigenvalue weighted by Crippen LogP contribution is -2.47. The number of rotatable bonds is 30. The SMILES string of the molecule is COc1cc(Cc2ncnc(N3CCN(c4ncc(Cc5ccccc5)cn4)CC3)n2)cc(OC)c1.OCC(O)c1ccc(Nc2ncnc(N3CCN(c4ncc(Cc5ccccc5)cn4)CC3)n2)cc1.c1ccc(Cc2cnc(N3CCN(c4ncnc(Nc5cnn([C@@H]6CCNC6)c5)n4)CC3)nc2)cc1.c1ccc(Cc2cnc(N3CCN(c4ncnc(Nc5cnn([C@H]6CCNC6)c5)n4)CC3)nc2)cc1. The molecule has 16 aromatic rings. The fourth-order valence-electron chi connectivity index (χ4n) is 17.6. The van der Waals surface area contributed by atoms with E-state index >= 15 is 0 Å². The Bertz CT molecular complexity index is 6430.